The van der Waals surface area contributed by atoms with Crippen LogP contribution in [-0.4, -0.2) is 44.4 Å². The van der Waals surface area contributed by atoms with Crippen LogP contribution in [0.1, 0.15) is 76.2 Å². The fraction of sp³-hybridized carbons (Fsp3) is 0.0824. The summed E-state index contributed by atoms with van der Waals surface area (Å²) in [6, 6.07) is 66.9. The zero-order valence-electron chi connectivity index (χ0n) is 61.8. The molecule has 0 atom stereocenters. The van der Waals surface area contributed by atoms with Crippen LogP contribution < -0.4 is 0 Å². The highest BCUT2D eigenvalue weighted by molar-refractivity contribution is 6.28. The molecule has 3 aliphatic rings. The van der Waals surface area contributed by atoms with E-state index in [1.54, 1.807) is 0 Å². The van der Waals surface area contributed by atoms with Gasteiger partial charge in [-0.25, -0.2) is 9.97 Å². The van der Waals surface area contributed by atoms with Crippen LogP contribution in [0.5, 0.6) is 0 Å². The number of H-pyrrole nitrogens is 2. The number of aromatic nitrogens is 9. The van der Waals surface area contributed by atoms with Crippen LogP contribution in [0.3, 0.4) is 0 Å². The smallest absolute Gasteiger partial charge is 0.238 e. The molecule has 0 saturated heterocycles. The molecule has 3 aliphatic carbocycles. The van der Waals surface area contributed by atoms with Gasteiger partial charge in [0.2, 0.25) is 11.2 Å². The van der Waals surface area contributed by atoms with E-state index in [2.05, 4.69) is 192 Å². The highest BCUT2D eigenvalue weighted by Gasteiger charge is 2.37. The Bertz CT molecular complexity index is 6580. The maximum absolute atomic E-state index is 8.84. The van der Waals surface area contributed by atoms with Crippen LogP contribution >= 0.6 is 11.6 Å². The maximum atomic E-state index is 8.84. The number of hydrogen-bond donors (Lipinski definition) is 2. The van der Waals surface area contributed by atoms with Crippen molar-refractivity contribution in [3.63, 3.8) is 0 Å². The van der Waals surface area contributed by atoms with Crippen molar-refractivity contribution in [2.24, 2.45) is 0 Å². The van der Waals surface area contributed by atoms with Gasteiger partial charge in [0, 0.05) is 83.4 Å². The maximum Gasteiger partial charge on any atom is 0.238 e. The molecule has 0 amide bonds. The molecule has 12 aromatic carbocycles. The normalized spacial score (nSPS) is 14.9. The lowest BCUT2D eigenvalue weighted by Crippen LogP contribution is -2.15. The van der Waals surface area contributed by atoms with Gasteiger partial charge < -0.3 is 9.97 Å². The molecule has 2 N–H and O–H groups in total. The largest absolute Gasteiger partial charge is 0.354 e. The zero-order chi connectivity index (χ0) is 72.4. The molecule has 0 aliphatic heterocycles. The third-order valence-corrected chi connectivity index (χ3v) is 19.5. The van der Waals surface area contributed by atoms with E-state index in [0.29, 0.717) is 11.4 Å². The molecule has 0 spiro atoms. The van der Waals surface area contributed by atoms with Gasteiger partial charge in [0.1, 0.15) is 0 Å². The number of nitrogens with zero attached hydrogens (tertiary/aromatic N) is 7. The quantitative estimate of drug-likeness (QED) is 0.177. The predicted molar refractivity (Wildman–Crippen MR) is 391 cm³/mol. The minimum atomic E-state index is -0.477. The Balaban J connectivity index is 0.000000130. The van der Waals surface area contributed by atoms with Crippen LogP contribution in [0.4, 0.5) is 0 Å². The summed E-state index contributed by atoms with van der Waals surface area (Å²) in [5.41, 5.74) is 22.1. The topological polar surface area (TPSA) is 114 Å². The Morgan fingerprint density at radius 2 is 0.853 bits per heavy atom. The Morgan fingerprint density at radius 3 is 1.46 bits per heavy atom. The van der Waals surface area contributed by atoms with E-state index in [1.165, 1.54) is 66.3 Å². The van der Waals surface area contributed by atoms with Gasteiger partial charge in [-0.2, -0.15) is 19.9 Å². The van der Waals surface area contributed by atoms with E-state index in [0.717, 1.165) is 77.8 Å². The molecular formula is C85H62ClN9. The lowest BCUT2D eigenvalue weighted by molar-refractivity contribution is 0.660. The first-order valence-corrected chi connectivity index (χ1v) is 31.9. The summed E-state index contributed by atoms with van der Waals surface area (Å²) in [5, 5.41) is 6.76. The van der Waals surface area contributed by atoms with Gasteiger partial charge in [-0.3, -0.25) is 4.57 Å². The average Bonchev–Trinajstić information content (AvgIpc) is 1.54. The van der Waals surface area contributed by atoms with Crippen LogP contribution in [-0.2, 0) is 17.3 Å². The number of aromatic amines is 2. The molecule has 454 valence electrons. The Kier molecular flexibility index (Phi) is 10.6. The Morgan fingerprint density at radius 1 is 0.389 bits per heavy atom. The molecule has 20 rings (SSSR count). The minimum Gasteiger partial charge on any atom is -0.354 e. The lowest BCUT2D eigenvalue weighted by Gasteiger charge is -2.21. The Hall–Kier alpha value is -11.7. The summed E-state index contributed by atoms with van der Waals surface area (Å²) < 4.78 is 84.9. The molecule has 0 fully saturated rings. The van der Waals surface area contributed by atoms with Crippen molar-refractivity contribution in [1.82, 2.24) is 44.4 Å². The molecule has 17 aromatic rings. The van der Waals surface area contributed by atoms with Gasteiger partial charge in [-0.1, -0.05) is 258 Å². The Labute approximate surface area is 569 Å². The van der Waals surface area contributed by atoms with Crippen LogP contribution in [0.15, 0.2) is 267 Å². The average molecular weight is 1260 g/mol. The standard InChI is InChI=1S/C42H29N5.C24H18ClN3.C19H13N.H2/c1-42(2)32-17-9-6-14-27(32)28-21-20-26(24-33(28)42)40-44-39(25-12-4-3-5-13-25)45-41(46-40)47-35-19-11-8-16-31(35)37-36(47)23-22-30-29-15-7-10-18-34(29)43-38(30)37;1-24(2)19-11-7-6-10-17(19)18-13-12-16(14-20(18)24)22-26-21(27-23(25)28-22)15-8-4-3-5-9-15;1-2-6-14-12(5-1)11-13-9-10-16-15-7-3-4-8-17(15)20-19(16)18(13)14;/h3-24,43H,1-2H3;3-14H,1-2H3;1-10,20H,11H2;1H/i3D,4D,5D,12D,13D;3D,4D,5D,8D,9D;;. The third kappa shape index (κ3) is 9.05. The number of benzene rings is 12. The highest BCUT2D eigenvalue weighted by Crippen LogP contribution is 2.52. The first-order chi connectivity index (χ1) is 50.7. The summed E-state index contributed by atoms with van der Waals surface area (Å²) in [6.45, 7) is 8.75. The van der Waals surface area contributed by atoms with Crippen LogP contribution in [0, 0.1) is 0 Å². The SMILES string of the molecule is [2H]c1c([2H])c([2H])c(-c2nc(-c3ccc4c(c3)C(C)(C)c3ccccc3-4)nc(-n3c4ccccc4c4c5[nH]c6ccccc6c5ccc43)n2)c([2H])c1[2H].[2H]c1c([2H])c([2H])c(-c2nc(Cl)nc(-c3ccc4c(c3)C(C)(C)c3ccccc3-4)n2)c([2H])c1[2H].[HH].c1ccc2c(c1)Cc1ccc3c([nH]c4ccccc43)c1-2. The molecule has 0 radical (unpaired) electrons. The van der Waals surface area contributed by atoms with Gasteiger partial charge >= 0.3 is 0 Å². The van der Waals surface area contributed by atoms with Crippen molar-refractivity contribution in [1.29, 1.82) is 0 Å². The molecule has 9 nitrogen and oxygen atoms in total. The van der Waals surface area contributed by atoms with Crippen LogP contribution in [0.25, 0.3) is 150 Å². The predicted octanol–water partition coefficient (Wildman–Crippen LogP) is 21.5. The summed E-state index contributed by atoms with van der Waals surface area (Å²) in [5.74, 6) is 0.810. The van der Waals surface area contributed by atoms with Crippen molar-refractivity contribution in [2.45, 2.75) is 44.9 Å². The molecule has 0 bridgehead atoms. The molecule has 95 heavy (non-hydrogen) atoms. The molecule has 5 aromatic heterocycles. The second-order valence-electron chi connectivity index (χ2n) is 25.3. The molecule has 5 heterocycles. The first-order valence-electron chi connectivity index (χ1n) is 36.5. The van der Waals surface area contributed by atoms with Gasteiger partial charge in [0.15, 0.2) is 23.3 Å². The minimum absolute atomic E-state index is 0. The summed E-state index contributed by atoms with van der Waals surface area (Å²) >= 11 is 6.20. The number of halogens is 1. The third-order valence-electron chi connectivity index (χ3n) is 19.3. The molecule has 0 saturated carbocycles. The zero-order valence-corrected chi connectivity index (χ0v) is 52.6. The number of nitrogens with one attached hydrogen (secondary N) is 2. The van der Waals surface area contributed by atoms with Crippen molar-refractivity contribution in [2.75, 3.05) is 0 Å². The number of rotatable bonds is 5. The summed E-state index contributed by atoms with van der Waals surface area (Å²) in [7, 11) is 0. The highest BCUT2D eigenvalue weighted by atomic mass is 35.5. The monoisotopic (exact) mass is 1250 g/mol. The van der Waals surface area contributed by atoms with Gasteiger partial charge in [-0.15, -0.1) is 0 Å². The summed E-state index contributed by atoms with van der Waals surface area (Å²) in [4.78, 5) is 35.0. The fourth-order valence-corrected chi connectivity index (χ4v) is 15.0. The van der Waals surface area contributed by atoms with Crippen molar-refractivity contribution >= 4 is 77.0 Å². The number of fused-ring (bicyclic) bond motifs is 20. The number of hydrogen-bond acceptors (Lipinski definition) is 6. The van der Waals surface area contributed by atoms with E-state index in [1.807, 2.05) is 71.3 Å². The lowest BCUT2D eigenvalue weighted by atomic mass is 9.82. The number of para-hydroxylation sites is 3. The van der Waals surface area contributed by atoms with E-state index >= 15 is 0 Å². The van der Waals surface area contributed by atoms with Gasteiger partial charge in [0.25, 0.3) is 0 Å². The molecule has 0 unspecified atom stereocenters. The van der Waals surface area contributed by atoms with E-state index in [9.17, 15) is 0 Å². The van der Waals surface area contributed by atoms with E-state index in [-0.39, 0.29) is 76.3 Å². The van der Waals surface area contributed by atoms with Crippen molar-refractivity contribution < 1.29 is 15.1 Å². The first kappa shape index (κ1) is 46.4. The second-order valence-corrected chi connectivity index (χ2v) is 25.7. The van der Waals surface area contributed by atoms with Gasteiger partial charge in [-0.05, 0) is 116 Å². The van der Waals surface area contributed by atoms with E-state index < -0.39 is 36.3 Å². The van der Waals surface area contributed by atoms with Gasteiger partial charge in [0.05, 0.1) is 35.8 Å². The fourth-order valence-electron chi connectivity index (χ4n) is 14.8. The molecule has 10 heteroatoms. The van der Waals surface area contributed by atoms with Crippen molar-refractivity contribution in [3.05, 3.63) is 305 Å². The second kappa shape index (κ2) is 21.7. The van der Waals surface area contributed by atoms with Crippen molar-refractivity contribution in [3.8, 4) is 84.9 Å². The van der Waals surface area contributed by atoms with Crippen LogP contribution in [0.2, 0.25) is 5.28 Å². The summed E-state index contributed by atoms with van der Waals surface area (Å²) in [6.07, 6.45) is 1.05. The van der Waals surface area contributed by atoms with E-state index in [4.69, 9.17) is 40.3 Å². The molecular weight excluding hydrogens is 1180 g/mol.